The molecule has 0 aliphatic rings. The highest BCUT2D eigenvalue weighted by atomic mass is 35.5. The Balaban J connectivity index is 1.52. The van der Waals surface area contributed by atoms with E-state index in [1.807, 2.05) is 44.3 Å². The van der Waals surface area contributed by atoms with Crippen molar-refractivity contribution in [3.05, 3.63) is 53.8 Å². The standard InChI is InChI=1S/C23H24ClN7O3/c1-4-9-34-21-11-15(10-19(24)27-21)26-23(32)30-29-20-12-17(14-5-7-16(33-3)8-6-14)18-13-25-31(2)22(18)28-20/h5-8,10-13H,4,9H2,1-3H3,(H,28,29)(H2,26,27,30,32). The molecule has 2 amide bonds. The SMILES string of the molecule is CCCOc1cc(NC(=O)NNc2cc(-c3ccc(OC)cc3)c3cnn(C)c3n2)cc(Cl)n1. The lowest BCUT2D eigenvalue weighted by molar-refractivity contribution is 0.254. The Morgan fingerprint density at radius 1 is 1.15 bits per heavy atom. The summed E-state index contributed by atoms with van der Waals surface area (Å²) >= 11 is 6.03. The van der Waals surface area contributed by atoms with Crippen molar-refractivity contribution in [2.24, 2.45) is 7.05 Å². The number of amides is 2. The van der Waals surface area contributed by atoms with Gasteiger partial charge in [0.15, 0.2) is 5.65 Å². The molecule has 0 radical (unpaired) electrons. The maximum absolute atomic E-state index is 12.5. The molecule has 0 aliphatic heterocycles. The number of methoxy groups -OCH3 is 1. The van der Waals surface area contributed by atoms with E-state index < -0.39 is 6.03 Å². The average molecular weight is 482 g/mol. The summed E-state index contributed by atoms with van der Waals surface area (Å²) < 4.78 is 12.4. The van der Waals surface area contributed by atoms with Crippen LogP contribution < -0.4 is 25.6 Å². The van der Waals surface area contributed by atoms with Gasteiger partial charge < -0.3 is 14.8 Å². The van der Waals surface area contributed by atoms with Gasteiger partial charge in [0.25, 0.3) is 0 Å². The first-order valence-electron chi connectivity index (χ1n) is 10.6. The number of pyridine rings is 2. The fourth-order valence-electron chi connectivity index (χ4n) is 3.30. The molecule has 34 heavy (non-hydrogen) atoms. The highest BCUT2D eigenvalue weighted by Crippen LogP contribution is 2.31. The molecular weight excluding hydrogens is 458 g/mol. The van der Waals surface area contributed by atoms with Crippen LogP contribution >= 0.6 is 11.6 Å². The van der Waals surface area contributed by atoms with E-state index in [9.17, 15) is 4.79 Å². The molecule has 1 aromatic carbocycles. The molecule has 11 heteroatoms. The molecule has 0 spiro atoms. The summed E-state index contributed by atoms with van der Waals surface area (Å²) in [5.74, 6) is 1.54. The van der Waals surface area contributed by atoms with Crippen molar-refractivity contribution in [1.29, 1.82) is 0 Å². The Bertz CT molecular complexity index is 1310. The quantitative estimate of drug-likeness (QED) is 0.248. The number of nitrogens with one attached hydrogen (secondary N) is 3. The fraction of sp³-hybridized carbons (Fsp3) is 0.217. The first kappa shape index (κ1) is 23.1. The van der Waals surface area contributed by atoms with E-state index in [1.165, 1.54) is 6.07 Å². The zero-order valence-corrected chi connectivity index (χ0v) is 19.7. The number of aryl methyl sites for hydroxylation is 1. The molecule has 10 nitrogen and oxygen atoms in total. The van der Waals surface area contributed by atoms with Crippen LogP contribution in [0.1, 0.15) is 13.3 Å². The minimum Gasteiger partial charge on any atom is -0.497 e. The van der Waals surface area contributed by atoms with E-state index >= 15 is 0 Å². The molecule has 0 saturated carbocycles. The van der Waals surface area contributed by atoms with Gasteiger partial charge in [-0.2, -0.15) is 5.10 Å². The molecule has 4 rings (SSSR count). The molecule has 0 atom stereocenters. The second-order valence-electron chi connectivity index (χ2n) is 7.36. The van der Waals surface area contributed by atoms with Gasteiger partial charge in [-0.1, -0.05) is 30.7 Å². The lowest BCUT2D eigenvalue weighted by Crippen LogP contribution is -2.34. The van der Waals surface area contributed by atoms with Crippen molar-refractivity contribution in [2.45, 2.75) is 13.3 Å². The van der Waals surface area contributed by atoms with Crippen LogP contribution in [-0.2, 0) is 7.05 Å². The fourth-order valence-corrected chi connectivity index (χ4v) is 3.50. The minimum absolute atomic E-state index is 0.212. The van der Waals surface area contributed by atoms with Crippen molar-refractivity contribution in [2.75, 3.05) is 24.5 Å². The van der Waals surface area contributed by atoms with Crippen molar-refractivity contribution in [3.63, 3.8) is 0 Å². The number of aromatic nitrogens is 4. The number of hydrazine groups is 1. The van der Waals surface area contributed by atoms with Crippen molar-refractivity contribution in [1.82, 2.24) is 25.2 Å². The summed E-state index contributed by atoms with van der Waals surface area (Å²) in [4.78, 5) is 21.1. The molecule has 3 heterocycles. The number of hydrogen-bond donors (Lipinski definition) is 3. The van der Waals surface area contributed by atoms with Crippen molar-refractivity contribution >= 4 is 40.2 Å². The highest BCUT2D eigenvalue weighted by molar-refractivity contribution is 6.29. The number of fused-ring (bicyclic) bond motifs is 1. The predicted molar refractivity (Wildman–Crippen MR) is 131 cm³/mol. The molecule has 0 bridgehead atoms. The first-order valence-corrected chi connectivity index (χ1v) is 10.9. The van der Waals surface area contributed by atoms with Gasteiger partial charge in [-0.05, 0) is 41.8 Å². The van der Waals surface area contributed by atoms with Gasteiger partial charge in [-0.15, -0.1) is 0 Å². The van der Waals surface area contributed by atoms with Crippen LogP contribution in [0, 0.1) is 0 Å². The molecule has 3 aromatic heterocycles. The number of ether oxygens (including phenoxy) is 2. The largest absolute Gasteiger partial charge is 0.497 e. The number of anilines is 2. The lowest BCUT2D eigenvalue weighted by atomic mass is 10.0. The van der Waals surface area contributed by atoms with E-state index in [2.05, 4.69) is 31.2 Å². The molecule has 176 valence electrons. The number of nitrogens with zero attached hydrogens (tertiary/aromatic N) is 4. The Labute approximate surface area is 201 Å². The van der Waals surface area contributed by atoms with Crippen LogP contribution in [-0.4, -0.2) is 39.5 Å². The summed E-state index contributed by atoms with van der Waals surface area (Å²) in [6.45, 7) is 2.49. The maximum atomic E-state index is 12.5. The molecule has 0 fully saturated rings. The average Bonchev–Trinajstić information content (AvgIpc) is 3.21. The van der Waals surface area contributed by atoms with Gasteiger partial charge in [-0.25, -0.2) is 14.8 Å². The third kappa shape index (κ3) is 5.29. The Kier molecular flexibility index (Phi) is 6.98. The topological polar surface area (TPSA) is 115 Å². The number of carbonyl (C=O) groups is 1. The van der Waals surface area contributed by atoms with Crippen molar-refractivity contribution < 1.29 is 14.3 Å². The van der Waals surface area contributed by atoms with E-state index in [0.29, 0.717) is 29.6 Å². The summed E-state index contributed by atoms with van der Waals surface area (Å²) in [6, 6.07) is 12.1. The second-order valence-corrected chi connectivity index (χ2v) is 7.75. The van der Waals surface area contributed by atoms with Crippen LogP contribution in [0.3, 0.4) is 0 Å². The van der Waals surface area contributed by atoms with Crippen molar-refractivity contribution in [3.8, 4) is 22.8 Å². The first-order chi connectivity index (χ1) is 16.5. The van der Waals surface area contributed by atoms with Crippen LogP contribution in [0.15, 0.2) is 48.7 Å². The highest BCUT2D eigenvalue weighted by Gasteiger charge is 2.13. The summed E-state index contributed by atoms with van der Waals surface area (Å²) in [6.07, 6.45) is 2.59. The van der Waals surface area contributed by atoms with E-state index in [4.69, 9.17) is 21.1 Å². The number of rotatable bonds is 8. The Morgan fingerprint density at radius 2 is 1.94 bits per heavy atom. The maximum Gasteiger partial charge on any atom is 0.337 e. The third-order valence-electron chi connectivity index (χ3n) is 4.89. The van der Waals surface area contributed by atoms with Gasteiger partial charge >= 0.3 is 6.03 Å². The zero-order valence-electron chi connectivity index (χ0n) is 18.9. The molecular formula is C23H24ClN7O3. The summed E-state index contributed by atoms with van der Waals surface area (Å²) in [5, 5.41) is 8.11. The predicted octanol–water partition coefficient (Wildman–Crippen LogP) is 4.63. The number of benzene rings is 1. The molecule has 0 unspecified atom stereocenters. The number of carbonyl (C=O) groups excluding carboxylic acids is 1. The minimum atomic E-state index is -0.512. The summed E-state index contributed by atoms with van der Waals surface area (Å²) in [7, 11) is 3.43. The van der Waals surface area contributed by atoms with Crippen LogP contribution in [0.2, 0.25) is 5.15 Å². The van der Waals surface area contributed by atoms with Gasteiger partial charge in [0, 0.05) is 18.5 Å². The molecule has 0 aliphatic carbocycles. The van der Waals surface area contributed by atoms with Crippen LogP contribution in [0.25, 0.3) is 22.2 Å². The van der Waals surface area contributed by atoms with E-state index in [0.717, 1.165) is 28.7 Å². The normalized spacial score (nSPS) is 10.7. The van der Waals surface area contributed by atoms with E-state index in [-0.39, 0.29) is 5.15 Å². The van der Waals surface area contributed by atoms with Gasteiger partial charge in [0.2, 0.25) is 5.88 Å². The van der Waals surface area contributed by atoms with Gasteiger partial charge in [0.1, 0.15) is 16.7 Å². The zero-order chi connectivity index (χ0) is 24.1. The smallest absolute Gasteiger partial charge is 0.337 e. The Morgan fingerprint density at radius 3 is 2.68 bits per heavy atom. The Hall–Kier alpha value is -4.05. The molecule has 0 saturated heterocycles. The van der Waals surface area contributed by atoms with Gasteiger partial charge in [-0.3, -0.25) is 15.5 Å². The summed E-state index contributed by atoms with van der Waals surface area (Å²) in [5.41, 5.74) is 8.41. The lowest BCUT2D eigenvalue weighted by Gasteiger charge is -2.13. The monoisotopic (exact) mass is 481 g/mol. The second kappa shape index (κ2) is 10.3. The van der Waals surface area contributed by atoms with Gasteiger partial charge in [0.05, 0.1) is 25.6 Å². The third-order valence-corrected chi connectivity index (χ3v) is 5.09. The number of halogens is 1. The molecule has 4 aromatic rings. The van der Waals surface area contributed by atoms with Crippen LogP contribution in [0.4, 0.5) is 16.3 Å². The van der Waals surface area contributed by atoms with Crippen LogP contribution in [0.5, 0.6) is 11.6 Å². The van der Waals surface area contributed by atoms with E-state index in [1.54, 1.807) is 24.1 Å². The molecule has 3 N–H and O–H groups in total. The number of urea groups is 1. The number of hydrogen-bond acceptors (Lipinski definition) is 7.